The summed E-state index contributed by atoms with van der Waals surface area (Å²) in [5, 5.41) is 12.8. The second kappa shape index (κ2) is 18.4. The molecular weight excluding hydrogens is 831 g/mol. The van der Waals surface area contributed by atoms with Crippen molar-refractivity contribution in [1.29, 1.82) is 0 Å². The number of carbonyl (C=O) groups is 1. The number of hydrogen-bond donors (Lipinski definition) is 2. The first-order valence-corrected chi connectivity index (χ1v) is 22.1. The Morgan fingerprint density at radius 3 is 2.45 bits per heavy atom. The van der Waals surface area contributed by atoms with Gasteiger partial charge in [-0.1, -0.05) is 54.8 Å². The van der Waals surface area contributed by atoms with E-state index in [9.17, 15) is 23.3 Å². The minimum atomic E-state index is -4.60. The maximum Gasteiger partial charge on any atom is 0.312 e. The SMILES string of the molecule is CC1(C)CCC(CN2CCN(c3ccc(C(=O)NS(=O)(=O)c4ccc(OCC5CCOCC5)c([N+](=O)[O-])c4)c(Oc4cnc(N)c(Cl)c4)c3)CC2)=C(c2ccc(Cl)cc2)C1. The number of sulfonamides is 1. The fourth-order valence-electron chi connectivity index (χ4n) is 7.78. The number of nitrogens with zero attached hydrogens (tertiary/aromatic N) is 4. The number of aromatic nitrogens is 1. The Labute approximate surface area is 359 Å². The summed E-state index contributed by atoms with van der Waals surface area (Å²) in [6.45, 7) is 9.85. The highest BCUT2D eigenvalue weighted by atomic mass is 35.5. The van der Waals surface area contributed by atoms with Crippen molar-refractivity contribution in [1.82, 2.24) is 14.6 Å². The lowest BCUT2D eigenvalue weighted by Crippen LogP contribution is -2.47. The van der Waals surface area contributed by atoms with Crippen molar-refractivity contribution in [3.8, 4) is 17.2 Å². The number of nitrogen functional groups attached to an aromatic ring is 1. The maximum absolute atomic E-state index is 13.8. The van der Waals surface area contributed by atoms with E-state index >= 15 is 0 Å². The third kappa shape index (κ3) is 10.5. The normalized spacial score (nSPS) is 17.6. The zero-order chi connectivity index (χ0) is 42.6. The second-order valence-corrected chi connectivity index (χ2v) is 18.7. The number of nitrogens with two attached hydrogens (primary N) is 1. The molecule has 2 saturated heterocycles. The molecule has 14 nitrogen and oxygen atoms in total. The van der Waals surface area contributed by atoms with Gasteiger partial charge in [0.1, 0.15) is 17.3 Å². The molecule has 3 N–H and O–H groups in total. The van der Waals surface area contributed by atoms with E-state index in [-0.39, 0.29) is 51.6 Å². The average Bonchev–Trinajstić information content (AvgIpc) is 3.22. The van der Waals surface area contributed by atoms with E-state index in [1.165, 1.54) is 41.1 Å². The van der Waals surface area contributed by atoms with Gasteiger partial charge in [0.25, 0.3) is 15.9 Å². The smallest absolute Gasteiger partial charge is 0.312 e. The van der Waals surface area contributed by atoms with Gasteiger partial charge in [0.05, 0.1) is 33.2 Å². The molecule has 1 aliphatic carbocycles. The number of hydrogen-bond acceptors (Lipinski definition) is 12. The number of nitro groups is 1. The molecule has 17 heteroatoms. The van der Waals surface area contributed by atoms with Gasteiger partial charge >= 0.3 is 5.69 Å². The van der Waals surface area contributed by atoms with Crippen molar-refractivity contribution >= 4 is 61.9 Å². The third-order valence-electron chi connectivity index (χ3n) is 11.3. The topological polar surface area (TPSA) is 179 Å². The number of anilines is 2. The molecule has 318 valence electrons. The molecule has 3 aliphatic rings. The second-order valence-electron chi connectivity index (χ2n) is 16.2. The van der Waals surface area contributed by atoms with Crippen LogP contribution in [0.25, 0.3) is 5.57 Å². The fourth-order valence-corrected chi connectivity index (χ4v) is 9.05. The number of rotatable bonds is 13. The van der Waals surface area contributed by atoms with Crippen molar-refractivity contribution < 1.29 is 32.3 Å². The number of nitro benzene ring substituents is 1. The molecule has 4 aromatic rings. The molecule has 0 saturated carbocycles. The number of nitrogens with one attached hydrogen (secondary N) is 1. The van der Waals surface area contributed by atoms with Crippen LogP contribution in [-0.4, -0.2) is 81.7 Å². The predicted octanol–water partition coefficient (Wildman–Crippen LogP) is 8.38. The number of amides is 1. The lowest BCUT2D eigenvalue weighted by Gasteiger charge is -2.39. The van der Waals surface area contributed by atoms with E-state index in [1.807, 2.05) is 12.1 Å². The van der Waals surface area contributed by atoms with Crippen LogP contribution in [-0.2, 0) is 14.8 Å². The molecule has 0 bridgehead atoms. The van der Waals surface area contributed by atoms with E-state index in [2.05, 4.69) is 45.5 Å². The van der Waals surface area contributed by atoms with Crippen LogP contribution in [0.1, 0.15) is 61.9 Å². The molecule has 1 amide bonds. The Hall–Kier alpha value is -4.93. The molecule has 2 fully saturated rings. The van der Waals surface area contributed by atoms with Crippen molar-refractivity contribution in [2.24, 2.45) is 11.3 Å². The summed E-state index contributed by atoms with van der Waals surface area (Å²) in [7, 11) is -4.60. The Bertz CT molecular complexity index is 2380. The Kier molecular flexibility index (Phi) is 13.2. The molecule has 2 aliphatic heterocycles. The van der Waals surface area contributed by atoms with Gasteiger partial charge in [-0.2, -0.15) is 0 Å². The zero-order valence-electron chi connectivity index (χ0n) is 33.5. The summed E-state index contributed by atoms with van der Waals surface area (Å²) >= 11 is 12.5. The van der Waals surface area contributed by atoms with E-state index < -0.39 is 31.4 Å². The van der Waals surface area contributed by atoms with Crippen LogP contribution in [0, 0.1) is 21.4 Å². The Balaban J connectivity index is 1.08. The quantitative estimate of drug-likeness (QED) is 0.0970. The fraction of sp³-hybridized carbons (Fsp3) is 0.395. The molecular formula is C43H48Cl2N6O8S. The maximum atomic E-state index is 13.8. The van der Waals surface area contributed by atoms with Gasteiger partial charge in [-0.15, -0.1) is 0 Å². The highest BCUT2D eigenvalue weighted by Gasteiger charge is 2.31. The van der Waals surface area contributed by atoms with Crippen molar-refractivity contribution in [2.75, 3.05) is 63.2 Å². The lowest BCUT2D eigenvalue weighted by molar-refractivity contribution is -0.386. The monoisotopic (exact) mass is 878 g/mol. The van der Waals surface area contributed by atoms with Crippen molar-refractivity contribution in [3.63, 3.8) is 0 Å². The van der Waals surface area contributed by atoms with E-state index in [0.717, 1.165) is 74.6 Å². The van der Waals surface area contributed by atoms with Gasteiger partial charge in [-0.25, -0.2) is 18.1 Å². The summed E-state index contributed by atoms with van der Waals surface area (Å²) in [6.07, 6.45) is 6.00. The van der Waals surface area contributed by atoms with Gasteiger partial charge in [0.2, 0.25) is 0 Å². The standard InChI is InChI=1S/C43H48Cl2N6O8S/c1-43(2)14-11-30(36(24-43)29-3-5-31(44)6-4-29)26-49-15-17-50(18-16-49)32-7-9-35(40(21-32)59-33-22-37(45)41(46)47-25-33)42(52)48-60(55,56)34-8-10-39(38(23-34)51(53)54)58-27-28-12-19-57-20-13-28/h3-10,21-23,25,28H,11-20,24,26-27H2,1-2H3,(H2,46,47)(H,48,52). The van der Waals surface area contributed by atoms with Crippen LogP contribution in [0.3, 0.4) is 0 Å². The summed E-state index contributed by atoms with van der Waals surface area (Å²) < 4.78 is 46.5. The molecule has 0 unspecified atom stereocenters. The number of benzene rings is 3. The first-order chi connectivity index (χ1) is 28.6. The highest BCUT2D eigenvalue weighted by molar-refractivity contribution is 7.90. The zero-order valence-corrected chi connectivity index (χ0v) is 35.8. The number of piperazine rings is 1. The molecule has 7 rings (SSSR count). The van der Waals surface area contributed by atoms with Crippen molar-refractivity contribution in [2.45, 2.75) is 50.8 Å². The van der Waals surface area contributed by atoms with Crippen LogP contribution in [0.2, 0.25) is 10.0 Å². The number of halogens is 2. The number of allylic oxidation sites excluding steroid dienone is 1. The van der Waals surface area contributed by atoms with Crippen LogP contribution >= 0.6 is 23.2 Å². The number of pyridine rings is 1. The predicted molar refractivity (Wildman–Crippen MR) is 232 cm³/mol. The largest absolute Gasteiger partial charge is 0.487 e. The number of carbonyl (C=O) groups excluding carboxylic acids is 1. The van der Waals surface area contributed by atoms with E-state index in [4.69, 9.17) is 43.1 Å². The van der Waals surface area contributed by atoms with Crippen LogP contribution in [0.4, 0.5) is 17.2 Å². The van der Waals surface area contributed by atoms with Gasteiger partial charge < -0.3 is 24.8 Å². The van der Waals surface area contributed by atoms with Gasteiger partial charge in [-0.05, 0) is 91.0 Å². The van der Waals surface area contributed by atoms with Gasteiger partial charge in [0.15, 0.2) is 5.75 Å². The van der Waals surface area contributed by atoms with Crippen molar-refractivity contribution in [3.05, 3.63) is 110 Å². The number of ether oxygens (including phenoxy) is 3. The van der Waals surface area contributed by atoms with Crippen LogP contribution < -0.4 is 24.8 Å². The summed E-state index contributed by atoms with van der Waals surface area (Å²) in [4.78, 5) is 33.3. The van der Waals surface area contributed by atoms with Crippen LogP contribution in [0.15, 0.2) is 83.4 Å². The molecule has 60 heavy (non-hydrogen) atoms. The molecule has 1 aromatic heterocycles. The molecule has 0 radical (unpaired) electrons. The Morgan fingerprint density at radius 2 is 1.75 bits per heavy atom. The third-order valence-corrected chi connectivity index (χ3v) is 13.2. The average molecular weight is 880 g/mol. The van der Waals surface area contributed by atoms with E-state index in [1.54, 1.807) is 12.1 Å². The molecule has 0 atom stereocenters. The van der Waals surface area contributed by atoms with Crippen LogP contribution in [0.5, 0.6) is 17.2 Å². The van der Waals surface area contributed by atoms with Gasteiger partial charge in [0, 0.05) is 74.8 Å². The first-order valence-electron chi connectivity index (χ1n) is 19.9. The summed E-state index contributed by atoms with van der Waals surface area (Å²) in [5.74, 6) is -0.644. The minimum absolute atomic E-state index is 0.0377. The minimum Gasteiger partial charge on any atom is -0.487 e. The molecule has 3 aromatic carbocycles. The van der Waals surface area contributed by atoms with Gasteiger partial charge in [-0.3, -0.25) is 19.8 Å². The summed E-state index contributed by atoms with van der Waals surface area (Å²) in [6, 6.07) is 17.7. The first kappa shape index (κ1) is 43.2. The van der Waals surface area contributed by atoms with E-state index in [0.29, 0.717) is 26.3 Å². The molecule has 0 spiro atoms. The lowest BCUT2D eigenvalue weighted by atomic mass is 9.72. The summed E-state index contributed by atoms with van der Waals surface area (Å²) in [5.41, 5.74) is 10.2. The molecule has 3 heterocycles. The highest BCUT2D eigenvalue weighted by Crippen LogP contribution is 2.43. The Morgan fingerprint density at radius 1 is 1.02 bits per heavy atom.